The van der Waals surface area contributed by atoms with E-state index in [4.69, 9.17) is 16.9 Å². The maximum absolute atomic E-state index is 13.1. The molecule has 0 aliphatic heterocycles. The third kappa shape index (κ3) is 11.2. The molecular weight excluding hydrogens is 486 g/mol. The first-order valence-electron chi connectivity index (χ1n) is 11.7. The first-order chi connectivity index (χ1) is 17.3. The van der Waals surface area contributed by atoms with E-state index >= 15 is 0 Å². The molecule has 0 aromatic heterocycles. The normalized spacial score (nSPS) is 15.7. The average molecular weight is 524 g/mol. The first kappa shape index (κ1) is 31.3. The molecule has 12 N–H and O–H groups in total. The molecule has 0 unspecified atom stereocenters. The highest BCUT2D eigenvalue weighted by atomic mass is 16.4. The van der Waals surface area contributed by atoms with Crippen LogP contribution in [0.25, 0.3) is 0 Å². The molecule has 0 aliphatic carbocycles. The van der Waals surface area contributed by atoms with Crippen LogP contribution in [0.2, 0.25) is 0 Å². The maximum Gasteiger partial charge on any atom is 0.326 e. The highest BCUT2D eigenvalue weighted by Gasteiger charge is 2.33. The Bertz CT molecular complexity index is 927. The van der Waals surface area contributed by atoms with Gasteiger partial charge in [-0.05, 0) is 32.3 Å². The van der Waals surface area contributed by atoms with Crippen molar-refractivity contribution >= 4 is 29.7 Å². The molecule has 0 radical (unpaired) electrons. The van der Waals surface area contributed by atoms with Gasteiger partial charge < -0.3 is 48.1 Å². The molecule has 0 spiro atoms. The third-order valence-corrected chi connectivity index (χ3v) is 5.40. The summed E-state index contributed by atoms with van der Waals surface area (Å²) in [6.07, 6.45) is -2.30. The number of hydrogen-bond donors (Lipinski definition) is 10. The third-order valence-electron chi connectivity index (χ3n) is 5.40. The van der Waals surface area contributed by atoms with Crippen LogP contribution in [0.15, 0.2) is 30.3 Å². The molecular formula is C23H37N7O7. The molecule has 1 rings (SSSR count). The number of amides is 3. The molecule has 3 amide bonds. The Balaban J connectivity index is 3.05. The smallest absolute Gasteiger partial charge is 0.326 e. The number of nitrogens with two attached hydrogens (primary N) is 2. The van der Waals surface area contributed by atoms with E-state index < -0.39 is 60.1 Å². The van der Waals surface area contributed by atoms with Gasteiger partial charge in [-0.15, -0.1) is 0 Å². The Morgan fingerprint density at radius 2 is 1.51 bits per heavy atom. The van der Waals surface area contributed by atoms with E-state index in [9.17, 15) is 34.5 Å². The second-order valence-electron chi connectivity index (χ2n) is 8.63. The van der Waals surface area contributed by atoms with Crippen LogP contribution in [0.5, 0.6) is 0 Å². The monoisotopic (exact) mass is 523 g/mol. The summed E-state index contributed by atoms with van der Waals surface area (Å²) in [4.78, 5) is 50.0. The summed E-state index contributed by atoms with van der Waals surface area (Å²) in [5.74, 6) is -4.14. The number of nitrogens with one attached hydrogen (secondary N) is 5. The molecule has 14 nitrogen and oxygen atoms in total. The zero-order valence-corrected chi connectivity index (χ0v) is 20.8. The number of carboxylic acid groups (broad SMARTS) is 1. The largest absolute Gasteiger partial charge is 0.480 e. The van der Waals surface area contributed by atoms with E-state index in [1.807, 2.05) is 0 Å². The lowest BCUT2D eigenvalue weighted by Crippen LogP contribution is -2.61. The molecule has 0 heterocycles. The second kappa shape index (κ2) is 15.4. The van der Waals surface area contributed by atoms with Crippen LogP contribution in [-0.2, 0) is 25.6 Å². The van der Waals surface area contributed by atoms with Crippen LogP contribution in [0, 0.1) is 5.41 Å². The average Bonchev–Trinajstić information content (AvgIpc) is 2.83. The number of hydrogen-bond acceptors (Lipinski definition) is 8. The number of aliphatic carboxylic acids is 1. The van der Waals surface area contributed by atoms with Gasteiger partial charge >= 0.3 is 5.97 Å². The fraction of sp³-hybridized carbons (Fsp3) is 0.522. The van der Waals surface area contributed by atoms with Crippen LogP contribution in [0.3, 0.4) is 0 Å². The zero-order valence-electron chi connectivity index (χ0n) is 20.8. The minimum atomic E-state index is -1.50. The summed E-state index contributed by atoms with van der Waals surface area (Å²) in [6.45, 7) is 2.76. The SMILES string of the molecule is C[C@@H](O)[C@H](N)C(=O)N[C@H](C(=O)N[C@@H](Cc1ccccc1)C(=O)N[C@@H](CCCNC(=N)N)C(=O)O)[C@@H](C)O. The van der Waals surface area contributed by atoms with Crippen LogP contribution >= 0.6 is 0 Å². The number of aliphatic hydroxyl groups is 2. The van der Waals surface area contributed by atoms with Crippen LogP contribution < -0.4 is 32.7 Å². The van der Waals surface area contributed by atoms with E-state index in [2.05, 4.69) is 21.3 Å². The van der Waals surface area contributed by atoms with Crippen molar-refractivity contribution in [2.24, 2.45) is 11.5 Å². The Kier molecular flexibility index (Phi) is 13.0. The Morgan fingerprint density at radius 1 is 0.919 bits per heavy atom. The van der Waals surface area contributed by atoms with Gasteiger partial charge in [0.1, 0.15) is 24.2 Å². The number of benzene rings is 1. The van der Waals surface area contributed by atoms with Gasteiger partial charge in [-0.1, -0.05) is 30.3 Å². The molecule has 1 aromatic carbocycles. The highest BCUT2D eigenvalue weighted by Crippen LogP contribution is 2.07. The van der Waals surface area contributed by atoms with Crippen molar-refractivity contribution in [2.45, 2.75) is 69.5 Å². The fourth-order valence-electron chi connectivity index (χ4n) is 3.25. The highest BCUT2D eigenvalue weighted by molar-refractivity contribution is 5.94. The number of carboxylic acids is 1. The van der Waals surface area contributed by atoms with Gasteiger partial charge in [-0.2, -0.15) is 0 Å². The lowest BCUT2D eigenvalue weighted by Gasteiger charge is -2.27. The molecule has 1 aromatic rings. The molecule has 0 saturated heterocycles. The topological polar surface area (TPSA) is 253 Å². The summed E-state index contributed by atoms with van der Waals surface area (Å²) >= 11 is 0. The molecule has 0 fully saturated rings. The molecule has 0 aliphatic rings. The van der Waals surface area contributed by atoms with E-state index in [0.717, 1.165) is 0 Å². The summed E-state index contributed by atoms with van der Waals surface area (Å²) in [5.41, 5.74) is 11.5. The summed E-state index contributed by atoms with van der Waals surface area (Å²) in [6, 6.07) is 3.24. The molecule has 0 saturated carbocycles. The maximum atomic E-state index is 13.1. The van der Waals surface area contributed by atoms with Gasteiger partial charge in [0, 0.05) is 13.0 Å². The van der Waals surface area contributed by atoms with Crippen molar-refractivity contribution in [3.8, 4) is 0 Å². The summed E-state index contributed by atoms with van der Waals surface area (Å²) in [7, 11) is 0. The van der Waals surface area contributed by atoms with Gasteiger partial charge in [-0.3, -0.25) is 19.8 Å². The van der Waals surface area contributed by atoms with Crippen molar-refractivity contribution in [3.63, 3.8) is 0 Å². The van der Waals surface area contributed by atoms with Gasteiger partial charge in [0.25, 0.3) is 0 Å². The minimum absolute atomic E-state index is 0.00961. The van der Waals surface area contributed by atoms with Crippen LogP contribution in [-0.4, -0.2) is 87.9 Å². The van der Waals surface area contributed by atoms with Crippen molar-refractivity contribution in [1.29, 1.82) is 5.41 Å². The zero-order chi connectivity index (χ0) is 28.1. The van der Waals surface area contributed by atoms with Gasteiger partial charge in [0.05, 0.1) is 12.2 Å². The molecule has 206 valence electrons. The quantitative estimate of drug-likeness (QED) is 0.0638. The van der Waals surface area contributed by atoms with Crippen LogP contribution in [0.1, 0.15) is 32.3 Å². The van der Waals surface area contributed by atoms with Gasteiger partial charge in [-0.25, -0.2) is 4.79 Å². The van der Waals surface area contributed by atoms with Gasteiger partial charge in [0.15, 0.2) is 5.96 Å². The summed E-state index contributed by atoms with van der Waals surface area (Å²) < 4.78 is 0. The molecule has 6 atom stereocenters. The number of carbonyl (C=O) groups is 4. The predicted molar refractivity (Wildman–Crippen MR) is 134 cm³/mol. The van der Waals surface area contributed by atoms with Crippen molar-refractivity contribution in [2.75, 3.05) is 6.54 Å². The summed E-state index contributed by atoms with van der Waals surface area (Å²) in [5, 5.41) is 46.0. The van der Waals surface area contributed by atoms with Crippen molar-refractivity contribution < 1.29 is 34.5 Å². The van der Waals surface area contributed by atoms with Crippen LogP contribution in [0.4, 0.5) is 0 Å². The van der Waals surface area contributed by atoms with E-state index in [0.29, 0.717) is 5.56 Å². The minimum Gasteiger partial charge on any atom is -0.480 e. The van der Waals surface area contributed by atoms with E-state index in [1.165, 1.54) is 13.8 Å². The molecule has 37 heavy (non-hydrogen) atoms. The standard InChI is InChI=1S/C23H37N7O7/c1-12(31)17(24)20(34)30-18(13(2)32)21(35)29-16(11-14-7-4-3-5-8-14)19(33)28-15(22(36)37)9-6-10-27-23(25)26/h3-5,7-8,12-13,15-18,31-32H,6,9-11,24H2,1-2H3,(H,28,33)(H,29,35)(H,30,34)(H,36,37)(H4,25,26,27)/t12-,13-,15+,16+,17+,18+/m1/s1. The van der Waals surface area contributed by atoms with Crippen molar-refractivity contribution in [1.82, 2.24) is 21.3 Å². The lowest BCUT2D eigenvalue weighted by atomic mass is 10.0. The van der Waals surface area contributed by atoms with Crippen molar-refractivity contribution in [3.05, 3.63) is 35.9 Å². The fourth-order valence-corrected chi connectivity index (χ4v) is 3.25. The number of carbonyl (C=O) groups excluding carboxylic acids is 3. The molecule has 0 bridgehead atoms. The first-order valence-corrected chi connectivity index (χ1v) is 11.7. The van der Waals surface area contributed by atoms with E-state index in [1.54, 1.807) is 30.3 Å². The Labute approximate surface area is 214 Å². The van der Waals surface area contributed by atoms with Gasteiger partial charge in [0.2, 0.25) is 17.7 Å². The number of aliphatic hydroxyl groups excluding tert-OH is 2. The van der Waals surface area contributed by atoms with E-state index in [-0.39, 0.29) is 31.8 Å². The lowest BCUT2D eigenvalue weighted by molar-refractivity contribution is -0.142. The molecule has 14 heteroatoms. The predicted octanol–water partition coefficient (Wildman–Crippen LogP) is -2.88. The second-order valence-corrected chi connectivity index (χ2v) is 8.63. The Morgan fingerprint density at radius 3 is 2.03 bits per heavy atom. The number of rotatable bonds is 15. The Hall–Kier alpha value is -3.75. The number of guanidine groups is 1.